The fraction of sp³-hybridized carbons (Fsp3) is 0.222. The van der Waals surface area contributed by atoms with Gasteiger partial charge in [0.05, 0.1) is 22.9 Å². The number of carbonyl (C=O) groups is 2. The number of ether oxygens (including phenoxy) is 1. The highest BCUT2D eigenvalue weighted by Gasteiger charge is 2.37. The van der Waals surface area contributed by atoms with Gasteiger partial charge in [-0.05, 0) is 43.3 Å². The number of anilines is 2. The van der Waals surface area contributed by atoms with Crippen molar-refractivity contribution in [2.45, 2.75) is 11.8 Å². The van der Waals surface area contributed by atoms with Crippen molar-refractivity contribution in [3.63, 3.8) is 0 Å². The maximum atomic E-state index is 13.1. The zero-order valence-corrected chi connectivity index (χ0v) is 15.3. The summed E-state index contributed by atoms with van der Waals surface area (Å²) < 4.78 is 44.9. The van der Waals surface area contributed by atoms with Gasteiger partial charge >= 0.3 is 5.97 Å². The van der Waals surface area contributed by atoms with Crippen LogP contribution in [0.15, 0.2) is 53.4 Å². The van der Waals surface area contributed by atoms with E-state index in [0.29, 0.717) is 0 Å². The molecule has 0 N–H and O–H groups in total. The van der Waals surface area contributed by atoms with Crippen LogP contribution in [-0.4, -0.2) is 40.0 Å². The number of halogens is 1. The first-order chi connectivity index (χ1) is 12.8. The standard InChI is InChI=1S/C18H17FN2O5S/c1-2-26-18(23)12-20-15-5-3-4-6-16(15)21(11-17(20)22)27(24,25)14-9-7-13(19)8-10-14/h3-10H,2,11-12H2,1H3. The Kier molecular flexibility index (Phi) is 5.13. The van der Waals surface area contributed by atoms with Crippen molar-refractivity contribution in [2.75, 3.05) is 28.9 Å². The Bertz CT molecular complexity index is 976. The molecule has 1 aliphatic rings. The number of hydrogen-bond donors (Lipinski definition) is 0. The van der Waals surface area contributed by atoms with E-state index in [4.69, 9.17) is 4.74 Å². The molecule has 1 amide bonds. The second-order valence-electron chi connectivity index (χ2n) is 5.74. The van der Waals surface area contributed by atoms with Crippen molar-refractivity contribution in [1.29, 1.82) is 0 Å². The molecule has 0 saturated carbocycles. The molecular weight excluding hydrogens is 375 g/mol. The maximum absolute atomic E-state index is 13.1. The lowest BCUT2D eigenvalue weighted by atomic mass is 10.2. The van der Waals surface area contributed by atoms with Crippen LogP contribution in [0, 0.1) is 5.82 Å². The van der Waals surface area contributed by atoms with Gasteiger partial charge in [-0.15, -0.1) is 0 Å². The number of hydrogen-bond acceptors (Lipinski definition) is 5. The van der Waals surface area contributed by atoms with Crippen molar-refractivity contribution in [2.24, 2.45) is 0 Å². The highest BCUT2D eigenvalue weighted by atomic mass is 32.2. The van der Waals surface area contributed by atoms with Gasteiger partial charge in [-0.25, -0.2) is 12.8 Å². The van der Waals surface area contributed by atoms with Gasteiger partial charge < -0.3 is 4.74 Å². The number of amides is 1. The summed E-state index contributed by atoms with van der Waals surface area (Å²) in [5.41, 5.74) is 0.540. The van der Waals surface area contributed by atoms with E-state index in [1.165, 1.54) is 4.90 Å². The average Bonchev–Trinajstić information content (AvgIpc) is 2.64. The predicted molar refractivity (Wildman–Crippen MR) is 96.4 cm³/mol. The van der Waals surface area contributed by atoms with Crippen LogP contribution < -0.4 is 9.21 Å². The molecule has 142 valence electrons. The van der Waals surface area contributed by atoms with Gasteiger partial charge in [-0.1, -0.05) is 12.1 Å². The number of sulfonamides is 1. The lowest BCUT2D eigenvalue weighted by Gasteiger charge is -2.36. The van der Waals surface area contributed by atoms with E-state index >= 15 is 0 Å². The van der Waals surface area contributed by atoms with E-state index in [1.54, 1.807) is 31.2 Å². The van der Waals surface area contributed by atoms with Gasteiger partial charge in [0.1, 0.15) is 18.9 Å². The first-order valence-corrected chi connectivity index (χ1v) is 9.62. The van der Waals surface area contributed by atoms with E-state index in [9.17, 15) is 22.4 Å². The molecule has 27 heavy (non-hydrogen) atoms. The lowest BCUT2D eigenvalue weighted by Crippen LogP contribution is -2.49. The van der Waals surface area contributed by atoms with E-state index in [-0.39, 0.29) is 29.4 Å². The molecule has 0 aliphatic carbocycles. The summed E-state index contributed by atoms with van der Waals surface area (Å²) in [6.07, 6.45) is 0. The molecule has 0 spiro atoms. The van der Waals surface area contributed by atoms with Crippen molar-refractivity contribution in [3.05, 3.63) is 54.3 Å². The van der Waals surface area contributed by atoms with Gasteiger partial charge in [0.25, 0.3) is 10.0 Å². The Morgan fingerprint density at radius 3 is 2.37 bits per heavy atom. The summed E-state index contributed by atoms with van der Waals surface area (Å²) in [6.45, 7) is 1.04. The molecular formula is C18H17FN2O5S. The minimum Gasteiger partial charge on any atom is -0.465 e. The molecule has 0 aromatic heterocycles. The van der Waals surface area contributed by atoms with Crippen LogP contribution >= 0.6 is 0 Å². The third-order valence-electron chi connectivity index (χ3n) is 4.02. The minimum absolute atomic E-state index is 0.134. The fourth-order valence-electron chi connectivity index (χ4n) is 2.79. The van der Waals surface area contributed by atoms with Crippen LogP contribution in [0.5, 0.6) is 0 Å². The van der Waals surface area contributed by atoms with Gasteiger partial charge in [0, 0.05) is 0 Å². The average molecular weight is 392 g/mol. The quantitative estimate of drug-likeness (QED) is 0.726. The van der Waals surface area contributed by atoms with Crippen LogP contribution in [0.1, 0.15) is 6.92 Å². The summed E-state index contributed by atoms with van der Waals surface area (Å²) in [7, 11) is -4.08. The van der Waals surface area contributed by atoms with Crippen LogP contribution in [0.2, 0.25) is 0 Å². The van der Waals surface area contributed by atoms with E-state index in [2.05, 4.69) is 0 Å². The maximum Gasteiger partial charge on any atom is 0.326 e. The van der Waals surface area contributed by atoms with Crippen molar-refractivity contribution < 1.29 is 27.1 Å². The third kappa shape index (κ3) is 3.63. The largest absolute Gasteiger partial charge is 0.465 e. The Hall–Kier alpha value is -2.94. The Morgan fingerprint density at radius 2 is 1.74 bits per heavy atom. The first kappa shape index (κ1) is 18.8. The van der Waals surface area contributed by atoms with Crippen LogP contribution in [-0.2, 0) is 24.3 Å². The molecule has 0 unspecified atom stereocenters. The van der Waals surface area contributed by atoms with E-state index in [1.807, 2.05) is 0 Å². The lowest BCUT2D eigenvalue weighted by molar-refractivity contribution is -0.142. The van der Waals surface area contributed by atoms with Crippen LogP contribution in [0.4, 0.5) is 15.8 Å². The topological polar surface area (TPSA) is 84.0 Å². The predicted octanol–water partition coefficient (Wildman–Crippen LogP) is 1.93. The highest BCUT2D eigenvalue weighted by Crippen LogP contribution is 2.36. The smallest absolute Gasteiger partial charge is 0.326 e. The highest BCUT2D eigenvalue weighted by molar-refractivity contribution is 7.92. The normalized spacial score (nSPS) is 14.1. The van der Waals surface area contributed by atoms with Gasteiger partial charge in [-0.3, -0.25) is 18.8 Å². The number of rotatable bonds is 5. The molecule has 0 saturated heterocycles. The SMILES string of the molecule is CCOC(=O)CN1C(=O)CN(S(=O)(=O)c2ccc(F)cc2)c2ccccc21. The van der Waals surface area contributed by atoms with E-state index < -0.39 is 34.3 Å². The molecule has 0 atom stereocenters. The second kappa shape index (κ2) is 7.36. The van der Waals surface area contributed by atoms with Gasteiger partial charge in [-0.2, -0.15) is 0 Å². The molecule has 3 rings (SSSR count). The van der Waals surface area contributed by atoms with Crippen LogP contribution in [0.25, 0.3) is 0 Å². The Balaban J connectivity index is 2.02. The summed E-state index contributed by atoms with van der Waals surface area (Å²) in [4.78, 5) is 25.5. The number of fused-ring (bicyclic) bond motifs is 1. The number of benzene rings is 2. The summed E-state index contributed by atoms with van der Waals surface area (Å²) in [5.74, 6) is -1.72. The molecule has 1 heterocycles. The minimum atomic E-state index is -4.08. The van der Waals surface area contributed by atoms with Crippen molar-refractivity contribution in [3.8, 4) is 0 Å². The second-order valence-corrected chi connectivity index (χ2v) is 7.60. The molecule has 2 aromatic rings. The van der Waals surface area contributed by atoms with Crippen molar-refractivity contribution in [1.82, 2.24) is 0 Å². The zero-order chi connectivity index (χ0) is 19.6. The zero-order valence-electron chi connectivity index (χ0n) is 14.5. The number of esters is 1. The number of nitrogens with zero attached hydrogens (tertiary/aromatic N) is 2. The summed E-state index contributed by atoms with van der Waals surface area (Å²) in [5, 5.41) is 0. The molecule has 2 aromatic carbocycles. The summed E-state index contributed by atoms with van der Waals surface area (Å²) in [6, 6.07) is 10.7. The molecule has 0 radical (unpaired) electrons. The summed E-state index contributed by atoms with van der Waals surface area (Å²) >= 11 is 0. The number of carbonyl (C=O) groups excluding carboxylic acids is 2. The number of para-hydroxylation sites is 2. The molecule has 0 fully saturated rings. The molecule has 0 bridgehead atoms. The first-order valence-electron chi connectivity index (χ1n) is 8.18. The Morgan fingerprint density at radius 1 is 1.11 bits per heavy atom. The monoisotopic (exact) mass is 392 g/mol. The van der Waals surface area contributed by atoms with Gasteiger partial charge in [0.2, 0.25) is 5.91 Å². The third-order valence-corrected chi connectivity index (χ3v) is 5.79. The van der Waals surface area contributed by atoms with E-state index in [0.717, 1.165) is 28.6 Å². The van der Waals surface area contributed by atoms with Crippen LogP contribution in [0.3, 0.4) is 0 Å². The molecule has 1 aliphatic heterocycles. The fourth-order valence-corrected chi connectivity index (χ4v) is 4.22. The van der Waals surface area contributed by atoms with Gasteiger partial charge in [0.15, 0.2) is 0 Å². The molecule has 9 heteroatoms. The molecule has 7 nitrogen and oxygen atoms in total. The Labute approximate surface area is 156 Å². The van der Waals surface area contributed by atoms with Crippen molar-refractivity contribution >= 4 is 33.3 Å².